The lowest BCUT2D eigenvalue weighted by Crippen LogP contribution is -2.43. The van der Waals surface area contributed by atoms with Gasteiger partial charge in [0, 0.05) is 13.0 Å². The van der Waals surface area contributed by atoms with E-state index < -0.39 is 26.5 Å². The first kappa shape index (κ1) is 28.3. The van der Waals surface area contributed by atoms with Crippen LogP contribution >= 0.6 is 0 Å². The Morgan fingerprint density at radius 2 is 1.73 bits per heavy atom. The zero-order chi connectivity index (χ0) is 23.4. The van der Waals surface area contributed by atoms with Gasteiger partial charge >= 0.3 is 11.9 Å². The Bertz CT molecular complexity index is 616. The first-order valence-electron chi connectivity index (χ1n) is 10.4. The van der Waals surface area contributed by atoms with Gasteiger partial charge in [-0.05, 0) is 50.4 Å². The highest BCUT2D eigenvalue weighted by molar-refractivity contribution is 6.74. The van der Waals surface area contributed by atoms with E-state index in [9.17, 15) is 14.7 Å². The van der Waals surface area contributed by atoms with E-state index in [1.165, 1.54) is 20.1 Å². The molecule has 0 saturated heterocycles. The molecule has 0 amide bonds. The predicted molar refractivity (Wildman–Crippen MR) is 123 cm³/mol. The summed E-state index contributed by atoms with van der Waals surface area (Å²) in [6.07, 6.45) is 11.1. The third-order valence-electron chi connectivity index (χ3n) is 5.04. The Kier molecular flexibility index (Phi) is 12.8. The fraction of sp³-hybridized carbons (Fsp3) is 0.652. The Balaban J connectivity index is 4.85. The number of allylic oxidation sites excluding steroid dienone is 1. The van der Waals surface area contributed by atoms with Crippen LogP contribution < -0.4 is 0 Å². The highest BCUT2D eigenvalue weighted by Gasteiger charge is 2.38. The molecule has 0 aromatic carbocycles. The molecule has 0 heterocycles. The van der Waals surface area contributed by atoms with E-state index in [2.05, 4.69) is 38.6 Å². The standard InChI is InChI=1S/C23H40O6Si/c1-18(28-19(2)24)12-10-9-11-13-20(25)14-15-21(16-17-22(26)27-6)29-30(7,8)23(3,4)5/h11,13-18,20-21,25H,9-10,12H2,1-8H3/b13-11-,15-14-,17-16+/t18-,20-,21-/m0/s1. The van der Waals surface area contributed by atoms with E-state index >= 15 is 0 Å². The molecule has 0 fully saturated rings. The molecule has 1 N–H and O–H groups in total. The van der Waals surface area contributed by atoms with Crippen molar-refractivity contribution in [2.45, 2.75) is 90.3 Å². The van der Waals surface area contributed by atoms with E-state index in [4.69, 9.17) is 9.16 Å². The van der Waals surface area contributed by atoms with Gasteiger partial charge < -0.3 is 19.0 Å². The van der Waals surface area contributed by atoms with Crippen LogP contribution in [-0.2, 0) is 23.5 Å². The summed E-state index contributed by atoms with van der Waals surface area (Å²) in [6, 6.07) is 0. The fourth-order valence-electron chi connectivity index (χ4n) is 2.29. The van der Waals surface area contributed by atoms with Gasteiger partial charge in [0.05, 0.1) is 25.4 Å². The van der Waals surface area contributed by atoms with E-state index in [0.29, 0.717) is 0 Å². The second kappa shape index (κ2) is 13.6. The molecule has 0 aromatic rings. The summed E-state index contributed by atoms with van der Waals surface area (Å²) in [5.74, 6) is -0.718. The number of hydrogen-bond acceptors (Lipinski definition) is 6. The van der Waals surface area contributed by atoms with Crippen LogP contribution in [-0.4, -0.2) is 50.8 Å². The number of aliphatic hydroxyl groups excluding tert-OH is 1. The summed E-state index contributed by atoms with van der Waals surface area (Å²) in [4.78, 5) is 22.3. The third-order valence-corrected chi connectivity index (χ3v) is 9.51. The molecule has 172 valence electrons. The molecule has 3 atom stereocenters. The number of hydrogen-bond donors (Lipinski definition) is 1. The first-order valence-corrected chi connectivity index (χ1v) is 13.3. The number of unbranched alkanes of at least 4 members (excludes halogenated alkanes) is 1. The summed E-state index contributed by atoms with van der Waals surface area (Å²) in [7, 11) is -0.744. The van der Waals surface area contributed by atoms with E-state index in [1.807, 2.05) is 13.0 Å². The number of rotatable bonds is 12. The molecule has 0 aliphatic heterocycles. The van der Waals surface area contributed by atoms with Crippen molar-refractivity contribution < 1.29 is 28.6 Å². The molecule has 0 aromatic heterocycles. The topological polar surface area (TPSA) is 82.1 Å². The van der Waals surface area contributed by atoms with Crippen molar-refractivity contribution >= 4 is 20.3 Å². The molecule has 0 radical (unpaired) electrons. The lowest BCUT2D eigenvalue weighted by atomic mass is 10.1. The van der Waals surface area contributed by atoms with Crippen LogP contribution in [0.5, 0.6) is 0 Å². The Morgan fingerprint density at radius 3 is 2.27 bits per heavy atom. The second-order valence-electron chi connectivity index (χ2n) is 8.88. The maximum absolute atomic E-state index is 11.5. The zero-order valence-electron chi connectivity index (χ0n) is 19.8. The molecule has 0 rings (SSSR count). The van der Waals surface area contributed by atoms with Crippen LogP contribution in [0.4, 0.5) is 0 Å². The lowest BCUT2D eigenvalue weighted by Gasteiger charge is -2.38. The largest absolute Gasteiger partial charge is 0.466 e. The minimum Gasteiger partial charge on any atom is -0.466 e. The maximum atomic E-state index is 11.5. The summed E-state index contributed by atoms with van der Waals surface area (Å²) in [6.45, 7) is 14.0. The lowest BCUT2D eigenvalue weighted by molar-refractivity contribution is -0.145. The minimum atomic E-state index is -2.07. The minimum absolute atomic E-state index is 0.0138. The van der Waals surface area contributed by atoms with Crippen LogP contribution in [0.2, 0.25) is 18.1 Å². The van der Waals surface area contributed by atoms with Gasteiger partial charge in [0.15, 0.2) is 8.32 Å². The number of carbonyl (C=O) groups excluding carboxylic acids is 2. The van der Waals surface area contributed by atoms with Crippen molar-refractivity contribution in [3.05, 3.63) is 36.5 Å². The Labute approximate surface area is 183 Å². The van der Waals surface area contributed by atoms with Gasteiger partial charge in [0.25, 0.3) is 0 Å². The SMILES string of the molecule is COC(=O)/C=C/[C@H](/C=C\[C@@H](O)/C=C\CCC[C@H](C)OC(C)=O)O[Si](C)(C)C(C)(C)C. The molecular weight excluding hydrogens is 400 g/mol. The van der Waals surface area contributed by atoms with E-state index in [1.54, 1.807) is 24.3 Å². The van der Waals surface area contributed by atoms with Crippen LogP contribution in [0.15, 0.2) is 36.5 Å². The van der Waals surface area contributed by atoms with Gasteiger partial charge in [-0.25, -0.2) is 4.79 Å². The van der Waals surface area contributed by atoms with Gasteiger partial charge in [-0.1, -0.05) is 45.1 Å². The first-order chi connectivity index (χ1) is 13.8. The number of ether oxygens (including phenoxy) is 2. The second-order valence-corrected chi connectivity index (χ2v) is 13.6. The third kappa shape index (κ3) is 12.8. The number of carbonyl (C=O) groups is 2. The average Bonchev–Trinajstić information content (AvgIpc) is 2.61. The van der Waals surface area contributed by atoms with Crippen LogP contribution in [0.25, 0.3) is 0 Å². The molecule has 6 nitrogen and oxygen atoms in total. The van der Waals surface area contributed by atoms with Crippen LogP contribution in [0.3, 0.4) is 0 Å². The molecule has 0 unspecified atom stereocenters. The number of aliphatic hydroxyl groups is 1. The van der Waals surface area contributed by atoms with Gasteiger partial charge in [-0.3, -0.25) is 4.79 Å². The van der Waals surface area contributed by atoms with Crippen molar-refractivity contribution in [3.8, 4) is 0 Å². The van der Waals surface area contributed by atoms with Gasteiger partial charge in [0.1, 0.15) is 0 Å². The molecule has 0 bridgehead atoms. The number of methoxy groups -OCH3 is 1. The molecule has 0 aliphatic rings. The fourth-order valence-corrected chi connectivity index (χ4v) is 3.48. The predicted octanol–water partition coefficient (Wildman–Crippen LogP) is 4.70. The Hall–Kier alpha value is -1.70. The Morgan fingerprint density at radius 1 is 1.10 bits per heavy atom. The van der Waals surface area contributed by atoms with Crippen LogP contribution in [0, 0.1) is 0 Å². The summed E-state index contributed by atoms with van der Waals surface area (Å²) < 4.78 is 16.1. The summed E-state index contributed by atoms with van der Waals surface area (Å²) >= 11 is 0. The van der Waals surface area contributed by atoms with Crippen molar-refractivity contribution in [1.29, 1.82) is 0 Å². The average molecular weight is 441 g/mol. The van der Waals surface area contributed by atoms with Gasteiger partial charge in [-0.2, -0.15) is 0 Å². The zero-order valence-corrected chi connectivity index (χ0v) is 20.8. The van der Waals surface area contributed by atoms with Crippen molar-refractivity contribution in [1.82, 2.24) is 0 Å². The molecule has 0 aliphatic carbocycles. The van der Waals surface area contributed by atoms with Crippen LogP contribution in [0.1, 0.15) is 53.9 Å². The van der Waals surface area contributed by atoms with Gasteiger partial charge in [0.2, 0.25) is 0 Å². The van der Waals surface area contributed by atoms with Crippen molar-refractivity contribution in [3.63, 3.8) is 0 Å². The van der Waals surface area contributed by atoms with E-state index in [-0.39, 0.29) is 17.1 Å². The molecule has 0 spiro atoms. The summed E-state index contributed by atoms with van der Waals surface area (Å²) in [5, 5.41) is 10.2. The normalized spacial score (nSPS) is 16.2. The van der Waals surface area contributed by atoms with Crippen molar-refractivity contribution in [2.75, 3.05) is 7.11 Å². The van der Waals surface area contributed by atoms with Gasteiger partial charge in [-0.15, -0.1) is 0 Å². The number of esters is 2. The molecule has 30 heavy (non-hydrogen) atoms. The molecule has 7 heteroatoms. The van der Waals surface area contributed by atoms with Crippen molar-refractivity contribution in [2.24, 2.45) is 0 Å². The highest BCUT2D eigenvalue weighted by atomic mass is 28.4. The quantitative estimate of drug-likeness (QED) is 0.156. The smallest absolute Gasteiger partial charge is 0.330 e. The monoisotopic (exact) mass is 440 g/mol. The van der Waals surface area contributed by atoms with E-state index in [0.717, 1.165) is 19.3 Å². The highest BCUT2D eigenvalue weighted by Crippen LogP contribution is 2.37. The maximum Gasteiger partial charge on any atom is 0.330 e. The molecule has 0 saturated carbocycles. The molecular formula is C23H40O6Si. The summed E-state index contributed by atoms with van der Waals surface area (Å²) in [5.41, 5.74) is 0.